The summed E-state index contributed by atoms with van der Waals surface area (Å²) in [5, 5.41) is 4.06. The molecule has 2 aromatic rings. The molecular formula is C15H16FN3. The zero-order valence-electron chi connectivity index (χ0n) is 10.6. The molecule has 0 saturated heterocycles. The Morgan fingerprint density at radius 1 is 1.37 bits per heavy atom. The molecule has 19 heavy (non-hydrogen) atoms. The average Bonchev–Trinajstić information content (AvgIpc) is 2.45. The molecule has 1 aromatic carbocycles. The zero-order valence-corrected chi connectivity index (χ0v) is 10.6. The van der Waals surface area contributed by atoms with Crippen LogP contribution in [-0.4, -0.2) is 11.0 Å². The molecule has 1 heterocycles. The summed E-state index contributed by atoms with van der Waals surface area (Å²) in [7, 11) is 0. The summed E-state index contributed by atoms with van der Waals surface area (Å²) in [5.41, 5.74) is 7.33. The zero-order chi connectivity index (χ0) is 13.2. The summed E-state index contributed by atoms with van der Waals surface area (Å²) in [6.07, 6.45) is 8.90. The van der Waals surface area contributed by atoms with Crippen LogP contribution in [0.4, 0.5) is 15.8 Å². The Bertz CT molecular complexity index is 637. The second-order valence-electron chi connectivity index (χ2n) is 4.85. The number of anilines is 2. The van der Waals surface area contributed by atoms with Gasteiger partial charge in [-0.05, 0) is 37.5 Å². The van der Waals surface area contributed by atoms with Crippen LogP contribution in [-0.2, 0) is 0 Å². The number of benzene rings is 1. The van der Waals surface area contributed by atoms with E-state index in [4.69, 9.17) is 5.73 Å². The van der Waals surface area contributed by atoms with E-state index < -0.39 is 0 Å². The number of allylic oxidation sites excluding steroid dienone is 1. The fraction of sp³-hybridized carbons (Fsp3) is 0.267. The summed E-state index contributed by atoms with van der Waals surface area (Å²) < 4.78 is 14.1. The number of halogens is 1. The maximum absolute atomic E-state index is 14.1. The molecule has 1 aliphatic rings. The number of nitrogens with zero attached hydrogens (tertiary/aromatic N) is 1. The Labute approximate surface area is 111 Å². The molecular weight excluding hydrogens is 241 g/mol. The van der Waals surface area contributed by atoms with Crippen LogP contribution in [0.2, 0.25) is 0 Å². The smallest absolute Gasteiger partial charge is 0.150 e. The summed E-state index contributed by atoms with van der Waals surface area (Å²) in [6, 6.07) is 5.30. The number of fused-ring (bicyclic) bond motifs is 1. The highest BCUT2D eigenvalue weighted by molar-refractivity contribution is 5.98. The van der Waals surface area contributed by atoms with E-state index in [1.165, 1.54) is 6.07 Å². The number of hydrogen-bond donors (Lipinski definition) is 2. The van der Waals surface area contributed by atoms with Crippen LogP contribution in [0.5, 0.6) is 0 Å². The fourth-order valence-corrected chi connectivity index (χ4v) is 2.50. The van der Waals surface area contributed by atoms with Gasteiger partial charge in [-0.1, -0.05) is 12.2 Å². The van der Waals surface area contributed by atoms with E-state index in [1.807, 2.05) is 12.1 Å². The minimum absolute atomic E-state index is 0.258. The Hall–Kier alpha value is -2.10. The van der Waals surface area contributed by atoms with Crippen molar-refractivity contribution >= 4 is 22.3 Å². The van der Waals surface area contributed by atoms with E-state index in [2.05, 4.69) is 22.5 Å². The van der Waals surface area contributed by atoms with Crippen molar-refractivity contribution in [3.8, 4) is 0 Å². The topological polar surface area (TPSA) is 50.9 Å². The SMILES string of the molecule is Nc1cc(F)c(NC2CC=CCC2)c2ncccc12. The predicted octanol–water partition coefficient (Wildman–Crippen LogP) is 3.48. The van der Waals surface area contributed by atoms with Crippen molar-refractivity contribution in [2.45, 2.75) is 25.3 Å². The molecule has 0 radical (unpaired) electrons. The molecule has 0 fully saturated rings. The Morgan fingerprint density at radius 2 is 2.26 bits per heavy atom. The van der Waals surface area contributed by atoms with Crippen LogP contribution in [0, 0.1) is 5.82 Å². The highest BCUT2D eigenvalue weighted by Crippen LogP contribution is 2.31. The summed E-state index contributed by atoms with van der Waals surface area (Å²) >= 11 is 0. The number of hydrogen-bond acceptors (Lipinski definition) is 3. The van der Waals surface area contributed by atoms with Gasteiger partial charge in [0.2, 0.25) is 0 Å². The van der Waals surface area contributed by atoms with Crippen LogP contribution < -0.4 is 11.1 Å². The van der Waals surface area contributed by atoms with Crippen LogP contribution >= 0.6 is 0 Å². The van der Waals surface area contributed by atoms with Gasteiger partial charge in [-0.3, -0.25) is 4.98 Å². The normalized spacial score (nSPS) is 18.7. The minimum atomic E-state index is -0.335. The van der Waals surface area contributed by atoms with Gasteiger partial charge >= 0.3 is 0 Å². The number of rotatable bonds is 2. The van der Waals surface area contributed by atoms with Crippen molar-refractivity contribution < 1.29 is 4.39 Å². The molecule has 1 unspecified atom stereocenters. The Morgan fingerprint density at radius 3 is 3.05 bits per heavy atom. The first kappa shape index (κ1) is 12.0. The lowest BCUT2D eigenvalue weighted by Gasteiger charge is -2.22. The molecule has 1 atom stereocenters. The summed E-state index contributed by atoms with van der Waals surface area (Å²) in [6.45, 7) is 0. The molecule has 4 heteroatoms. The maximum Gasteiger partial charge on any atom is 0.150 e. The summed E-state index contributed by atoms with van der Waals surface area (Å²) in [4.78, 5) is 4.27. The number of aromatic nitrogens is 1. The van der Waals surface area contributed by atoms with Gasteiger partial charge in [-0.2, -0.15) is 0 Å². The van der Waals surface area contributed by atoms with Gasteiger partial charge in [-0.15, -0.1) is 0 Å². The van der Waals surface area contributed by atoms with Crippen LogP contribution in [0.1, 0.15) is 19.3 Å². The highest BCUT2D eigenvalue weighted by atomic mass is 19.1. The third-order valence-electron chi connectivity index (χ3n) is 3.49. The Kier molecular flexibility index (Phi) is 3.07. The average molecular weight is 257 g/mol. The van der Waals surface area contributed by atoms with E-state index in [-0.39, 0.29) is 11.9 Å². The summed E-state index contributed by atoms with van der Waals surface area (Å²) in [5.74, 6) is -0.335. The first-order chi connectivity index (χ1) is 9.25. The number of nitrogens with two attached hydrogens (primary N) is 1. The third kappa shape index (κ3) is 2.26. The molecule has 3 rings (SSSR count). The van der Waals surface area contributed by atoms with Crippen molar-refractivity contribution in [1.29, 1.82) is 0 Å². The maximum atomic E-state index is 14.1. The van der Waals surface area contributed by atoms with Gasteiger partial charge in [0, 0.05) is 23.3 Å². The molecule has 1 aliphatic carbocycles. The minimum Gasteiger partial charge on any atom is -0.398 e. The van der Waals surface area contributed by atoms with Gasteiger partial charge in [0.05, 0.1) is 11.2 Å². The molecule has 1 aromatic heterocycles. The van der Waals surface area contributed by atoms with Crippen LogP contribution in [0.3, 0.4) is 0 Å². The molecule has 0 spiro atoms. The lowest BCUT2D eigenvalue weighted by Crippen LogP contribution is -2.21. The van der Waals surface area contributed by atoms with Crippen molar-refractivity contribution in [2.24, 2.45) is 0 Å². The first-order valence-corrected chi connectivity index (χ1v) is 6.50. The van der Waals surface area contributed by atoms with Crippen LogP contribution in [0.25, 0.3) is 10.9 Å². The van der Waals surface area contributed by atoms with Gasteiger partial charge in [-0.25, -0.2) is 4.39 Å². The molecule has 0 saturated carbocycles. The van der Waals surface area contributed by atoms with E-state index in [1.54, 1.807) is 6.20 Å². The van der Waals surface area contributed by atoms with Crippen molar-refractivity contribution in [2.75, 3.05) is 11.1 Å². The monoisotopic (exact) mass is 257 g/mol. The highest BCUT2D eigenvalue weighted by Gasteiger charge is 2.16. The molecule has 3 nitrogen and oxygen atoms in total. The lowest BCUT2D eigenvalue weighted by atomic mass is 10.0. The van der Waals surface area contributed by atoms with E-state index in [0.717, 1.165) is 24.6 Å². The van der Waals surface area contributed by atoms with Gasteiger partial charge in [0.15, 0.2) is 5.82 Å². The van der Waals surface area contributed by atoms with Gasteiger partial charge in [0.1, 0.15) is 0 Å². The molecule has 0 aliphatic heterocycles. The fourth-order valence-electron chi connectivity index (χ4n) is 2.50. The van der Waals surface area contributed by atoms with Crippen molar-refractivity contribution in [3.63, 3.8) is 0 Å². The van der Waals surface area contributed by atoms with Crippen LogP contribution in [0.15, 0.2) is 36.5 Å². The molecule has 0 amide bonds. The first-order valence-electron chi connectivity index (χ1n) is 6.50. The van der Waals surface area contributed by atoms with Crippen molar-refractivity contribution in [3.05, 3.63) is 42.4 Å². The molecule has 3 N–H and O–H groups in total. The second kappa shape index (κ2) is 4.88. The number of pyridine rings is 1. The van der Waals surface area contributed by atoms with Gasteiger partial charge < -0.3 is 11.1 Å². The predicted molar refractivity (Wildman–Crippen MR) is 76.5 cm³/mol. The quantitative estimate of drug-likeness (QED) is 0.639. The van der Waals surface area contributed by atoms with E-state index in [9.17, 15) is 4.39 Å². The molecule has 0 bridgehead atoms. The number of nitrogens with one attached hydrogen (secondary N) is 1. The second-order valence-corrected chi connectivity index (χ2v) is 4.85. The largest absolute Gasteiger partial charge is 0.398 e. The third-order valence-corrected chi connectivity index (χ3v) is 3.49. The molecule has 98 valence electrons. The lowest BCUT2D eigenvalue weighted by molar-refractivity contribution is 0.611. The Balaban J connectivity index is 2.04. The van der Waals surface area contributed by atoms with Crippen molar-refractivity contribution in [1.82, 2.24) is 4.98 Å². The van der Waals surface area contributed by atoms with Gasteiger partial charge in [0.25, 0.3) is 0 Å². The number of nitrogen functional groups attached to an aromatic ring is 1. The van der Waals surface area contributed by atoms with E-state index >= 15 is 0 Å². The van der Waals surface area contributed by atoms with E-state index in [0.29, 0.717) is 16.9 Å². The standard InChI is InChI=1S/C15H16FN3/c16-12-9-13(17)11-7-4-8-18-14(11)15(12)19-10-5-2-1-3-6-10/h1-2,4,7-10,19H,3,5-6,17H2.